The van der Waals surface area contributed by atoms with E-state index < -0.39 is 32.4 Å². The van der Waals surface area contributed by atoms with Gasteiger partial charge in [-0.1, -0.05) is 13.8 Å². The van der Waals surface area contributed by atoms with Gasteiger partial charge in [0.05, 0.1) is 6.61 Å². The van der Waals surface area contributed by atoms with Crippen molar-refractivity contribution in [3.8, 4) is 5.75 Å². The van der Waals surface area contributed by atoms with Gasteiger partial charge in [-0.25, -0.2) is 21.6 Å². The average Bonchev–Trinajstić information content (AvgIpc) is 2.77. The van der Waals surface area contributed by atoms with Gasteiger partial charge >= 0.3 is 0 Å². The molecule has 0 bridgehead atoms. The van der Waals surface area contributed by atoms with Crippen molar-refractivity contribution in [2.75, 3.05) is 32.8 Å². The highest BCUT2D eigenvalue weighted by molar-refractivity contribution is 7.89. The van der Waals surface area contributed by atoms with Crippen LogP contribution in [0.5, 0.6) is 5.75 Å². The Labute approximate surface area is 185 Å². The van der Waals surface area contributed by atoms with Crippen LogP contribution in [0.15, 0.2) is 41.3 Å². The molecule has 2 aromatic rings. The molecule has 1 saturated heterocycles. The average molecular weight is 471 g/mol. The summed E-state index contributed by atoms with van der Waals surface area (Å²) < 4.78 is 72.5. The van der Waals surface area contributed by atoms with Gasteiger partial charge in [0.2, 0.25) is 10.0 Å². The Kier molecular flexibility index (Phi) is 7.45. The van der Waals surface area contributed by atoms with Gasteiger partial charge in [0.25, 0.3) is 5.91 Å². The van der Waals surface area contributed by atoms with E-state index >= 15 is 0 Å². The highest BCUT2D eigenvalue weighted by Gasteiger charge is 2.33. The minimum absolute atomic E-state index is 0.0794. The molecule has 0 spiro atoms. The second-order valence-corrected chi connectivity index (χ2v) is 9.83. The molecular weight excluding hydrogens is 445 g/mol. The smallest absolute Gasteiger partial charge is 0.253 e. The number of carbonyl (C=O) groups excluding carboxylic acids is 1. The molecule has 1 heterocycles. The molecule has 0 aromatic heterocycles. The molecule has 1 fully saturated rings. The molecular formula is C22H25F3N2O4S. The third-order valence-electron chi connectivity index (χ3n) is 5.21. The van der Waals surface area contributed by atoms with Gasteiger partial charge in [0.15, 0.2) is 17.5 Å². The van der Waals surface area contributed by atoms with Gasteiger partial charge in [-0.15, -0.1) is 0 Å². The molecule has 0 atom stereocenters. The first-order chi connectivity index (χ1) is 15.1. The molecule has 0 aliphatic carbocycles. The van der Waals surface area contributed by atoms with Crippen LogP contribution < -0.4 is 4.74 Å². The summed E-state index contributed by atoms with van der Waals surface area (Å²) in [5, 5.41) is 0. The van der Waals surface area contributed by atoms with Crippen LogP contribution in [0.1, 0.15) is 30.6 Å². The molecule has 0 radical (unpaired) electrons. The summed E-state index contributed by atoms with van der Waals surface area (Å²) in [6, 6.07) is 7.98. The van der Waals surface area contributed by atoms with E-state index in [1.54, 1.807) is 24.3 Å². The van der Waals surface area contributed by atoms with Gasteiger partial charge in [0, 0.05) is 31.7 Å². The lowest BCUT2D eigenvalue weighted by Gasteiger charge is -2.34. The van der Waals surface area contributed by atoms with Crippen molar-refractivity contribution < 1.29 is 31.1 Å². The van der Waals surface area contributed by atoms with E-state index in [0.29, 0.717) is 36.0 Å². The second-order valence-electron chi connectivity index (χ2n) is 7.93. The molecule has 6 nitrogen and oxygen atoms in total. The fourth-order valence-corrected chi connectivity index (χ4v) is 4.75. The minimum Gasteiger partial charge on any atom is -0.494 e. The highest BCUT2D eigenvalue weighted by Crippen LogP contribution is 2.24. The standard InChI is InChI=1S/C22H25F3N2O4S/c1-15(2)9-14-31-17-5-3-16(4-6-17)22(28)26-10-12-27(13-11-26)32(29,30)19-8-7-18(23)20(24)21(19)25/h3-8,15H,9-14H2,1-2H3. The topological polar surface area (TPSA) is 66.9 Å². The van der Waals surface area contributed by atoms with Gasteiger partial charge in [-0.2, -0.15) is 4.31 Å². The van der Waals surface area contributed by atoms with Crippen LogP contribution >= 0.6 is 0 Å². The Morgan fingerprint density at radius 1 is 0.969 bits per heavy atom. The minimum atomic E-state index is -4.37. The number of nitrogens with zero attached hydrogens (tertiary/aromatic N) is 2. The Balaban J connectivity index is 1.61. The van der Waals surface area contributed by atoms with Crippen molar-refractivity contribution in [1.82, 2.24) is 9.21 Å². The number of rotatable bonds is 7. The molecule has 1 amide bonds. The van der Waals surface area contributed by atoms with Crippen LogP contribution in [0.25, 0.3) is 0 Å². The van der Waals surface area contributed by atoms with Crippen LogP contribution in [0.4, 0.5) is 13.2 Å². The summed E-state index contributed by atoms with van der Waals surface area (Å²) in [4.78, 5) is 13.3. The fourth-order valence-electron chi connectivity index (χ4n) is 3.27. The summed E-state index contributed by atoms with van der Waals surface area (Å²) in [5.74, 6) is -4.14. The predicted molar refractivity (Wildman–Crippen MR) is 112 cm³/mol. The molecule has 3 rings (SSSR count). The molecule has 174 valence electrons. The highest BCUT2D eigenvalue weighted by atomic mass is 32.2. The van der Waals surface area contributed by atoms with Crippen LogP contribution in [0.2, 0.25) is 0 Å². The van der Waals surface area contributed by atoms with E-state index in [-0.39, 0.29) is 32.1 Å². The third-order valence-corrected chi connectivity index (χ3v) is 7.12. The summed E-state index contributed by atoms with van der Waals surface area (Å²) >= 11 is 0. The first-order valence-electron chi connectivity index (χ1n) is 10.3. The molecule has 0 N–H and O–H groups in total. The van der Waals surface area contributed by atoms with Crippen molar-refractivity contribution in [1.29, 1.82) is 0 Å². The maximum Gasteiger partial charge on any atom is 0.253 e. The number of carbonyl (C=O) groups is 1. The van der Waals surface area contributed by atoms with Crippen molar-refractivity contribution in [3.05, 3.63) is 59.4 Å². The van der Waals surface area contributed by atoms with E-state index in [1.807, 2.05) is 0 Å². The first kappa shape index (κ1) is 24.1. The zero-order valence-corrected chi connectivity index (χ0v) is 18.7. The summed E-state index contributed by atoms with van der Waals surface area (Å²) in [7, 11) is -4.37. The monoisotopic (exact) mass is 470 g/mol. The number of hydrogen-bond acceptors (Lipinski definition) is 4. The van der Waals surface area contributed by atoms with E-state index in [2.05, 4.69) is 13.8 Å². The van der Waals surface area contributed by atoms with E-state index in [1.165, 1.54) is 4.90 Å². The van der Waals surface area contributed by atoms with Crippen LogP contribution in [-0.4, -0.2) is 56.3 Å². The number of sulfonamides is 1. The number of hydrogen-bond donors (Lipinski definition) is 0. The molecule has 32 heavy (non-hydrogen) atoms. The summed E-state index contributed by atoms with van der Waals surface area (Å²) in [5.41, 5.74) is 0.434. The molecule has 1 aliphatic rings. The Hall–Kier alpha value is -2.59. The van der Waals surface area contributed by atoms with E-state index in [0.717, 1.165) is 10.7 Å². The maximum absolute atomic E-state index is 14.0. The van der Waals surface area contributed by atoms with Crippen molar-refractivity contribution in [2.45, 2.75) is 25.2 Å². The first-order valence-corrected chi connectivity index (χ1v) is 11.7. The molecule has 2 aromatic carbocycles. The van der Waals surface area contributed by atoms with Crippen LogP contribution in [0.3, 0.4) is 0 Å². The Bertz CT molecular complexity index is 1070. The zero-order valence-electron chi connectivity index (χ0n) is 17.9. The van der Waals surface area contributed by atoms with Crippen molar-refractivity contribution >= 4 is 15.9 Å². The Morgan fingerprint density at radius 2 is 1.59 bits per heavy atom. The van der Waals surface area contributed by atoms with Gasteiger partial charge in [-0.05, 0) is 48.7 Å². The van der Waals surface area contributed by atoms with Gasteiger partial charge in [0.1, 0.15) is 10.6 Å². The maximum atomic E-state index is 14.0. The SMILES string of the molecule is CC(C)CCOc1ccc(C(=O)N2CCN(S(=O)(=O)c3ccc(F)c(F)c3F)CC2)cc1. The van der Waals surface area contributed by atoms with Crippen molar-refractivity contribution in [2.24, 2.45) is 5.92 Å². The predicted octanol–water partition coefficient (Wildman–Crippen LogP) is 3.68. The molecule has 0 unspecified atom stereocenters. The lowest BCUT2D eigenvalue weighted by molar-refractivity contribution is 0.0697. The van der Waals surface area contributed by atoms with Crippen LogP contribution in [0, 0.1) is 23.4 Å². The largest absolute Gasteiger partial charge is 0.494 e. The summed E-state index contributed by atoms with van der Waals surface area (Å²) in [6.45, 7) is 4.76. The van der Waals surface area contributed by atoms with Crippen LogP contribution in [-0.2, 0) is 10.0 Å². The quantitative estimate of drug-likeness (QED) is 0.579. The van der Waals surface area contributed by atoms with Gasteiger partial charge < -0.3 is 9.64 Å². The fraction of sp³-hybridized carbons (Fsp3) is 0.409. The Morgan fingerprint density at radius 3 is 2.19 bits per heavy atom. The van der Waals surface area contributed by atoms with E-state index in [9.17, 15) is 26.4 Å². The molecule has 10 heteroatoms. The third kappa shape index (κ3) is 5.24. The number of halogens is 3. The molecule has 1 aliphatic heterocycles. The van der Waals surface area contributed by atoms with Crippen molar-refractivity contribution in [3.63, 3.8) is 0 Å². The normalized spacial score (nSPS) is 15.2. The van der Waals surface area contributed by atoms with E-state index in [4.69, 9.17) is 4.74 Å². The molecule has 0 saturated carbocycles. The zero-order chi connectivity index (χ0) is 23.5. The second kappa shape index (κ2) is 9.91. The summed E-state index contributed by atoms with van der Waals surface area (Å²) in [6.07, 6.45) is 0.919. The number of benzene rings is 2. The number of ether oxygens (including phenoxy) is 1. The lowest BCUT2D eigenvalue weighted by atomic mass is 10.1. The lowest BCUT2D eigenvalue weighted by Crippen LogP contribution is -2.50. The number of amides is 1. The van der Waals surface area contributed by atoms with Gasteiger partial charge in [-0.3, -0.25) is 4.79 Å². The number of piperazine rings is 1.